The molecule has 1 heterocycles. The normalized spacial score (nSPS) is 22.8. The maximum atomic E-state index is 11.9. The second-order valence-corrected chi connectivity index (χ2v) is 6.48. The number of hydrogen-bond acceptors (Lipinski definition) is 4. The van der Waals surface area contributed by atoms with Gasteiger partial charge in [-0.25, -0.2) is 0 Å². The summed E-state index contributed by atoms with van der Waals surface area (Å²) in [6.45, 7) is 2.71. The fourth-order valence-electron chi connectivity index (χ4n) is 1.63. The van der Waals surface area contributed by atoms with Crippen LogP contribution in [0.15, 0.2) is 0 Å². The van der Waals surface area contributed by atoms with E-state index in [0.717, 1.165) is 30.8 Å². The molecule has 0 saturated carbocycles. The molecule has 1 rings (SSSR count). The molecular formula is C11H22N2OS2. The topological polar surface area (TPSA) is 55.1 Å². The Morgan fingerprint density at radius 1 is 1.56 bits per heavy atom. The molecule has 3 N–H and O–H groups in total. The van der Waals surface area contributed by atoms with Crippen molar-refractivity contribution in [1.29, 1.82) is 0 Å². The van der Waals surface area contributed by atoms with Crippen molar-refractivity contribution in [3.8, 4) is 0 Å². The molecule has 3 nitrogen and oxygen atoms in total. The zero-order valence-electron chi connectivity index (χ0n) is 9.91. The minimum Gasteiger partial charge on any atom is -0.351 e. The Morgan fingerprint density at radius 3 is 2.94 bits per heavy atom. The molecule has 5 heteroatoms. The van der Waals surface area contributed by atoms with Crippen molar-refractivity contribution in [2.75, 3.05) is 23.8 Å². The zero-order valence-corrected chi connectivity index (χ0v) is 11.5. The van der Waals surface area contributed by atoms with E-state index in [9.17, 15) is 4.79 Å². The maximum Gasteiger partial charge on any atom is 0.234 e. The summed E-state index contributed by atoms with van der Waals surface area (Å²) in [6.07, 6.45) is 3.29. The molecule has 0 bridgehead atoms. The third-order valence-corrected chi connectivity index (χ3v) is 5.40. The second-order valence-electron chi connectivity index (χ2n) is 4.02. The van der Waals surface area contributed by atoms with E-state index in [1.807, 2.05) is 11.8 Å². The van der Waals surface area contributed by atoms with Crippen molar-refractivity contribution in [3.05, 3.63) is 0 Å². The van der Waals surface area contributed by atoms with Gasteiger partial charge in [0, 0.05) is 29.8 Å². The number of carbonyl (C=O) groups is 1. The fourth-order valence-corrected chi connectivity index (χ4v) is 4.20. The third kappa shape index (κ3) is 4.97. The molecule has 0 spiro atoms. The highest BCUT2D eigenvalue weighted by Gasteiger charge is 2.23. The molecule has 0 aromatic rings. The molecule has 1 saturated heterocycles. The summed E-state index contributed by atoms with van der Waals surface area (Å²) in [7, 11) is 0. The highest BCUT2D eigenvalue weighted by molar-refractivity contribution is 8.07. The standard InChI is InChI=1S/C11H22N2OS2/c1-2-3-4-9(7-12)13-11(14)10-8-15-5-6-16-10/h9-10H,2-8,12H2,1H3,(H,13,14). The quantitative estimate of drug-likeness (QED) is 0.761. The van der Waals surface area contributed by atoms with Gasteiger partial charge in [-0.05, 0) is 6.42 Å². The van der Waals surface area contributed by atoms with Crippen LogP contribution in [0, 0.1) is 0 Å². The van der Waals surface area contributed by atoms with Gasteiger partial charge in [-0.15, -0.1) is 11.8 Å². The number of hydrogen-bond donors (Lipinski definition) is 2. The van der Waals surface area contributed by atoms with Gasteiger partial charge in [-0.2, -0.15) is 11.8 Å². The van der Waals surface area contributed by atoms with E-state index in [1.165, 1.54) is 5.75 Å². The van der Waals surface area contributed by atoms with Crippen molar-refractivity contribution in [2.45, 2.75) is 37.5 Å². The lowest BCUT2D eigenvalue weighted by Crippen LogP contribution is -2.45. The van der Waals surface area contributed by atoms with Crippen molar-refractivity contribution in [3.63, 3.8) is 0 Å². The Kier molecular flexibility index (Phi) is 7.32. The summed E-state index contributed by atoms with van der Waals surface area (Å²) in [5.41, 5.74) is 5.66. The number of thioether (sulfide) groups is 2. The molecule has 0 aliphatic carbocycles. The van der Waals surface area contributed by atoms with Crippen LogP contribution >= 0.6 is 23.5 Å². The van der Waals surface area contributed by atoms with E-state index < -0.39 is 0 Å². The van der Waals surface area contributed by atoms with Gasteiger partial charge in [0.05, 0.1) is 5.25 Å². The Balaban J connectivity index is 2.29. The van der Waals surface area contributed by atoms with Gasteiger partial charge in [-0.3, -0.25) is 4.79 Å². The van der Waals surface area contributed by atoms with Crippen LogP contribution in [0.5, 0.6) is 0 Å². The molecular weight excluding hydrogens is 240 g/mol. The van der Waals surface area contributed by atoms with Crippen LogP contribution < -0.4 is 11.1 Å². The third-order valence-electron chi connectivity index (χ3n) is 2.65. The van der Waals surface area contributed by atoms with Crippen LogP contribution in [0.3, 0.4) is 0 Å². The monoisotopic (exact) mass is 262 g/mol. The van der Waals surface area contributed by atoms with Crippen LogP contribution in [-0.2, 0) is 4.79 Å². The van der Waals surface area contributed by atoms with Gasteiger partial charge >= 0.3 is 0 Å². The average molecular weight is 262 g/mol. The minimum absolute atomic E-state index is 0.134. The molecule has 0 aromatic carbocycles. The smallest absolute Gasteiger partial charge is 0.234 e. The molecule has 16 heavy (non-hydrogen) atoms. The van der Waals surface area contributed by atoms with Gasteiger partial charge in [0.15, 0.2) is 0 Å². The fraction of sp³-hybridized carbons (Fsp3) is 0.909. The summed E-state index contributed by atoms with van der Waals surface area (Å²) in [5, 5.41) is 3.21. The number of nitrogens with one attached hydrogen (secondary N) is 1. The van der Waals surface area contributed by atoms with E-state index in [2.05, 4.69) is 12.2 Å². The van der Waals surface area contributed by atoms with Gasteiger partial charge in [0.1, 0.15) is 0 Å². The number of amides is 1. The lowest BCUT2D eigenvalue weighted by molar-refractivity contribution is -0.120. The predicted octanol–water partition coefficient (Wildman–Crippen LogP) is 1.47. The predicted molar refractivity (Wildman–Crippen MR) is 74.1 cm³/mol. The summed E-state index contributed by atoms with van der Waals surface area (Å²) in [6, 6.07) is 0.167. The van der Waals surface area contributed by atoms with Crippen molar-refractivity contribution in [2.24, 2.45) is 5.73 Å². The lowest BCUT2D eigenvalue weighted by atomic mass is 10.1. The van der Waals surface area contributed by atoms with E-state index in [0.29, 0.717) is 6.54 Å². The summed E-state index contributed by atoms with van der Waals surface area (Å²) >= 11 is 3.64. The van der Waals surface area contributed by atoms with E-state index in [-0.39, 0.29) is 17.2 Å². The lowest BCUT2D eigenvalue weighted by Gasteiger charge is -2.23. The summed E-state index contributed by atoms with van der Waals surface area (Å²) in [4.78, 5) is 11.9. The molecule has 1 fully saturated rings. The molecule has 0 aromatic heterocycles. The SMILES string of the molecule is CCCCC(CN)NC(=O)C1CSCCS1. The van der Waals surface area contributed by atoms with Crippen molar-refractivity contribution >= 4 is 29.4 Å². The Labute approximate surface area is 107 Å². The summed E-state index contributed by atoms with van der Waals surface area (Å²) in [5.74, 6) is 3.39. The molecule has 1 aliphatic heterocycles. The molecule has 2 atom stereocenters. The molecule has 1 amide bonds. The van der Waals surface area contributed by atoms with Crippen molar-refractivity contribution in [1.82, 2.24) is 5.32 Å². The molecule has 1 aliphatic rings. The Hall–Kier alpha value is 0.130. The van der Waals surface area contributed by atoms with Gasteiger partial charge in [0.2, 0.25) is 5.91 Å². The van der Waals surface area contributed by atoms with Gasteiger partial charge < -0.3 is 11.1 Å². The van der Waals surface area contributed by atoms with E-state index in [1.54, 1.807) is 11.8 Å². The number of unbranched alkanes of at least 4 members (excludes halogenated alkanes) is 1. The minimum atomic E-state index is 0.134. The van der Waals surface area contributed by atoms with E-state index >= 15 is 0 Å². The number of nitrogens with two attached hydrogens (primary N) is 1. The maximum absolute atomic E-state index is 11.9. The first-order valence-corrected chi connectivity index (χ1v) is 8.18. The van der Waals surface area contributed by atoms with Crippen LogP contribution in [0.4, 0.5) is 0 Å². The largest absolute Gasteiger partial charge is 0.351 e. The van der Waals surface area contributed by atoms with Crippen molar-refractivity contribution < 1.29 is 4.79 Å². The van der Waals surface area contributed by atoms with E-state index in [4.69, 9.17) is 5.73 Å². The first kappa shape index (κ1) is 14.2. The van der Waals surface area contributed by atoms with Crippen LogP contribution in [0.25, 0.3) is 0 Å². The van der Waals surface area contributed by atoms with Crippen LogP contribution in [0.2, 0.25) is 0 Å². The van der Waals surface area contributed by atoms with Gasteiger partial charge in [-0.1, -0.05) is 19.8 Å². The number of carbonyl (C=O) groups excluding carboxylic acids is 1. The number of rotatable bonds is 6. The second kappa shape index (κ2) is 8.25. The summed E-state index contributed by atoms with van der Waals surface area (Å²) < 4.78 is 0. The Bertz CT molecular complexity index is 208. The van der Waals surface area contributed by atoms with Crippen LogP contribution in [0.1, 0.15) is 26.2 Å². The highest BCUT2D eigenvalue weighted by atomic mass is 32.2. The van der Waals surface area contributed by atoms with Crippen LogP contribution in [-0.4, -0.2) is 41.0 Å². The van der Waals surface area contributed by atoms with Gasteiger partial charge in [0.25, 0.3) is 0 Å². The Morgan fingerprint density at radius 2 is 2.38 bits per heavy atom. The molecule has 2 unspecified atom stereocenters. The molecule has 94 valence electrons. The highest BCUT2D eigenvalue weighted by Crippen LogP contribution is 2.24. The first-order valence-electron chi connectivity index (χ1n) is 5.97. The molecule has 0 radical (unpaired) electrons. The zero-order chi connectivity index (χ0) is 11.8. The first-order chi connectivity index (χ1) is 7.77. The average Bonchev–Trinajstić information content (AvgIpc) is 2.35.